The van der Waals surface area contributed by atoms with Crippen LogP contribution in [0.2, 0.25) is 0 Å². The molecule has 0 aliphatic carbocycles. The summed E-state index contributed by atoms with van der Waals surface area (Å²) in [7, 11) is 0. The molecule has 0 aromatic heterocycles. The van der Waals surface area contributed by atoms with Crippen LogP contribution in [0, 0.1) is 16.6 Å². The minimum absolute atomic E-state index is 0.0607. The van der Waals surface area contributed by atoms with E-state index >= 15 is 0 Å². The monoisotopic (exact) mass is 225 g/mol. The first-order valence-electron chi connectivity index (χ1n) is 4.40. The Morgan fingerprint density at radius 3 is 2.69 bits per heavy atom. The first kappa shape index (κ1) is 11.8. The second-order valence-corrected chi connectivity index (χ2v) is 3.04. The van der Waals surface area contributed by atoms with Gasteiger partial charge in [-0.25, -0.2) is 4.39 Å². The molecular formula is C9H12FN5O. The van der Waals surface area contributed by atoms with E-state index in [4.69, 9.17) is 21.7 Å². The number of nitrogens with two attached hydrogens (primary N) is 1. The highest BCUT2D eigenvalue weighted by Crippen LogP contribution is 2.14. The number of hydrogen-bond acceptors (Lipinski definition) is 3. The summed E-state index contributed by atoms with van der Waals surface area (Å²) < 4.78 is 13.2. The van der Waals surface area contributed by atoms with E-state index < -0.39 is 5.82 Å². The topological polar surface area (TPSA) is 118 Å². The van der Waals surface area contributed by atoms with Crippen LogP contribution in [-0.4, -0.2) is 17.0 Å². The van der Waals surface area contributed by atoms with Gasteiger partial charge in [0.05, 0.1) is 0 Å². The first-order valence-corrected chi connectivity index (χ1v) is 4.40. The third-order valence-corrected chi connectivity index (χ3v) is 1.75. The molecule has 0 amide bonds. The Labute approximate surface area is 91.3 Å². The highest BCUT2D eigenvalue weighted by Gasteiger charge is 2.04. The average molecular weight is 225 g/mol. The molecule has 0 bridgehead atoms. The van der Waals surface area contributed by atoms with Gasteiger partial charge in [0.15, 0.2) is 11.9 Å². The van der Waals surface area contributed by atoms with E-state index in [1.807, 2.05) is 0 Å². The molecule has 0 unspecified atom stereocenters. The minimum Gasteiger partial charge on any atom is -0.508 e. The van der Waals surface area contributed by atoms with Crippen LogP contribution in [0.15, 0.2) is 18.2 Å². The molecule has 0 aliphatic rings. The molecule has 86 valence electrons. The maximum absolute atomic E-state index is 13.2. The fraction of sp³-hybridized carbons (Fsp3) is 0.111. The van der Waals surface area contributed by atoms with Crippen LogP contribution in [-0.2, 0) is 6.54 Å². The zero-order valence-corrected chi connectivity index (χ0v) is 8.34. The van der Waals surface area contributed by atoms with E-state index in [9.17, 15) is 4.39 Å². The SMILES string of the molecule is N=C(N)NC(=N)NCc1ccc(O)cc1F. The van der Waals surface area contributed by atoms with Gasteiger partial charge in [0.2, 0.25) is 0 Å². The van der Waals surface area contributed by atoms with Crippen molar-refractivity contribution in [1.29, 1.82) is 10.8 Å². The van der Waals surface area contributed by atoms with Crippen LogP contribution < -0.4 is 16.4 Å². The minimum atomic E-state index is -0.567. The van der Waals surface area contributed by atoms with Crippen LogP contribution in [0.1, 0.15) is 5.56 Å². The van der Waals surface area contributed by atoms with Crippen LogP contribution in [0.25, 0.3) is 0 Å². The summed E-state index contributed by atoms with van der Waals surface area (Å²) in [6.07, 6.45) is 0. The van der Waals surface area contributed by atoms with Gasteiger partial charge in [-0.1, -0.05) is 6.07 Å². The van der Waals surface area contributed by atoms with Crippen molar-refractivity contribution in [2.45, 2.75) is 6.54 Å². The molecular weight excluding hydrogens is 213 g/mol. The number of phenolic OH excluding ortho intramolecular Hbond substituents is 1. The maximum Gasteiger partial charge on any atom is 0.195 e. The Hall–Kier alpha value is -2.31. The van der Waals surface area contributed by atoms with Gasteiger partial charge in [-0.3, -0.25) is 16.1 Å². The molecule has 7 heteroatoms. The largest absolute Gasteiger partial charge is 0.508 e. The Bertz CT molecular complexity index is 420. The number of benzene rings is 1. The molecule has 0 radical (unpaired) electrons. The van der Waals surface area contributed by atoms with E-state index in [1.165, 1.54) is 12.1 Å². The van der Waals surface area contributed by atoms with Gasteiger partial charge < -0.3 is 16.2 Å². The number of hydrogen-bond donors (Lipinski definition) is 6. The lowest BCUT2D eigenvalue weighted by atomic mass is 10.2. The lowest BCUT2D eigenvalue weighted by Gasteiger charge is -2.09. The van der Waals surface area contributed by atoms with E-state index in [-0.39, 0.29) is 24.2 Å². The summed E-state index contributed by atoms with van der Waals surface area (Å²) in [6, 6.07) is 3.74. The van der Waals surface area contributed by atoms with Crippen LogP contribution >= 0.6 is 0 Å². The van der Waals surface area contributed by atoms with Crippen molar-refractivity contribution >= 4 is 11.9 Å². The van der Waals surface area contributed by atoms with Crippen molar-refractivity contribution in [3.05, 3.63) is 29.6 Å². The predicted molar refractivity (Wildman–Crippen MR) is 57.7 cm³/mol. The van der Waals surface area contributed by atoms with Gasteiger partial charge in [-0.2, -0.15) is 0 Å². The van der Waals surface area contributed by atoms with Gasteiger partial charge >= 0.3 is 0 Å². The van der Waals surface area contributed by atoms with Crippen molar-refractivity contribution in [3.8, 4) is 5.75 Å². The molecule has 1 rings (SSSR count). The van der Waals surface area contributed by atoms with Gasteiger partial charge in [0.25, 0.3) is 0 Å². The normalized spacial score (nSPS) is 9.56. The van der Waals surface area contributed by atoms with Gasteiger partial charge in [-0.15, -0.1) is 0 Å². The Balaban J connectivity index is 2.54. The smallest absolute Gasteiger partial charge is 0.195 e. The lowest BCUT2D eigenvalue weighted by molar-refractivity contribution is 0.467. The molecule has 6 nitrogen and oxygen atoms in total. The van der Waals surface area contributed by atoms with Crippen molar-refractivity contribution < 1.29 is 9.50 Å². The Morgan fingerprint density at radius 2 is 2.12 bits per heavy atom. The molecule has 0 heterocycles. The first-order chi connectivity index (χ1) is 7.49. The number of rotatable bonds is 2. The average Bonchev–Trinajstić information content (AvgIpc) is 2.15. The third kappa shape index (κ3) is 3.45. The Kier molecular flexibility index (Phi) is 3.65. The number of halogens is 1. The Morgan fingerprint density at radius 1 is 1.44 bits per heavy atom. The molecule has 1 aromatic rings. The molecule has 1 aromatic carbocycles. The fourth-order valence-electron chi connectivity index (χ4n) is 1.04. The van der Waals surface area contributed by atoms with Gasteiger partial charge in [-0.05, 0) is 6.07 Å². The zero-order chi connectivity index (χ0) is 12.1. The van der Waals surface area contributed by atoms with Crippen molar-refractivity contribution in [2.24, 2.45) is 5.73 Å². The molecule has 16 heavy (non-hydrogen) atoms. The standard InChI is InChI=1S/C9H12FN5O/c10-7-3-6(16)2-1-5(7)4-14-9(13)15-8(11)12/h1-3,16H,4H2,(H6,11,12,13,14,15). The number of guanidine groups is 2. The molecule has 0 saturated carbocycles. The highest BCUT2D eigenvalue weighted by molar-refractivity contribution is 5.94. The second-order valence-electron chi connectivity index (χ2n) is 3.04. The van der Waals surface area contributed by atoms with E-state index in [0.717, 1.165) is 6.07 Å². The second kappa shape index (κ2) is 4.96. The van der Waals surface area contributed by atoms with Crippen LogP contribution in [0.5, 0.6) is 5.75 Å². The molecule has 0 fully saturated rings. The predicted octanol–water partition coefficient (Wildman–Crippen LogP) is 0.0387. The molecule has 7 N–H and O–H groups in total. The number of aromatic hydroxyl groups is 1. The molecule has 0 aliphatic heterocycles. The molecule has 0 atom stereocenters. The summed E-state index contributed by atoms with van der Waals surface area (Å²) in [5.41, 5.74) is 5.30. The van der Waals surface area contributed by atoms with Crippen molar-refractivity contribution in [2.75, 3.05) is 0 Å². The molecule has 0 saturated heterocycles. The number of phenols is 1. The quantitative estimate of drug-likeness (QED) is 0.314. The van der Waals surface area contributed by atoms with Crippen molar-refractivity contribution in [1.82, 2.24) is 10.6 Å². The third-order valence-electron chi connectivity index (χ3n) is 1.75. The lowest BCUT2D eigenvalue weighted by Crippen LogP contribution is -2.43. The van der Waals surface area contributed by atoms with E-state index in [1.54, 1.807) is 0 Å². The highest BCUT2D eigenvalue weighted by atomic mass is 19.1. The fourth-order valence-corrected chi connectivity index (χ4v) is 1.04. The van der Waals surface area contributed by atoms with Gasteiger partial charge in [0, 0.05) is 18.2 Å². The van der Waals surface area contributed by atoms with Crippen LogP contribution in [0.4, 0.5) is 4.39 Å². The summed E-state index contributed by atoms with van der Waals surface area (Å²) in [4.78, 5) is 0. The summed E-state index contributed by atoms with van der Waals surface area (Å²) >= 11 is 0. The zero-order valence-electron chi connectivity index (χ0n) is 8.34. The molecule has 0 spiro atoms. The van der Waals surface area contributed by atoms with Crippen LogP contribution in [0.3, 0.4) is 0 Å². The summed E-state index contributed by atoms with van der Waals surface area (Å²) in [6.45, 7) is 0.0607. The summed E-state index contributed by atoms with van der Waals surface area (Å²) in [5.74, 6) is -1.29. The van der Waals surface area contributed by atoms with E-state index in [0.29, 0.717) is 5.56 Å². The maximum atomic E-state index is 13.2. The van der Waals surface area contributed by atoms with Crippen molar-refractivity contribution in [3.63, 3.8) is 0 Å². The van der Waals surface area contributed by atoms with Gasteiger partial charge in [0.1, 0.15) is 11.6 Å². The number of nitrogens with one attached hydrogen (secondary N) is 4. The van der Waals surface area contributed by atoms with E-state index in [2.05, 4.69) is 10.6 Å². The summed E-state index contributed by atoms with van der Waals surface area (Å²) in [5, 5.41) is 27.8.